The highest BCUT2D eigenvalue weighted by molar-refractivity contribution is 5.78. The zero-order chi connectivity index (χ0) is 14.3. The van der Waals surface area contributed by atoms with Crippen molar-refractivity contribution in [1.82, 2.24) is 10.6 Å². The summed E-state index contributed by atoms with van der Waals surface area (Å²) < 4.78 is 0. The number of hydrogen-bond acceptors (Lipinski definition) is 2. The lowest BCUT2D eigenvalue weighted by Gasteiger charge is -2.21. The Morgan fingerprint density at radius 1 is 1.11 bits per heavy atom. The van der Waals surface area contributed by atoms with Crippen LogP contribution in [0.1, 0.15) is 45.7 Å². The van der Waals surface area contributed by atoms with Gasteiger partial charge in [0.15, 0.2) is 0 Å². The third-order valence-electron chi connectivity index (χ3n) is 2.87. The number of carbonyl (C=O) groups excluding carboxylic acids is 1. The van der Waals surface area contributed by atoms with Crippen molar-refractivity contribution in [3.05, 3.63) is 35.9 Å². The average Bonchev–Trinajstić information content (AvgIpc) is 2.34. The van der Waals surface area contributed by atoms with Crippen LogP contribution < -0.4 is 10.6 Å². The summed E-state index contributed by atoms with van der Waals surface area (Å²) in [4.78, 5) is 11.7. The highest BCUT2D eigenvalue weighted by atomic mass is 16.1. The maximum Gasteiger partial charge on any atom is 0.234 e. The molecule has 0 saturated heterocycles. The van der Waals surface area contributed by atoms with Gasteiger partial charge in [-0.2, -0.15) is 0 Å². The Morgan fingerprint density at radius 2 is 1.74 bits per heavy atom. The SMILES string of the molecule is CC(C)C[C@H](NCC(=O)NC(C)C)c1ccccc1. The molecule has 1 rings (SSSR count). The summed E-state index contributed by atoms with van der Waals surface area (Å²) in [5, 5.41) is 6.26. The molecule has 1 aromatic rings. The highest BCUT2D eigenvalue weighted by Crippen LogP contribution is 2.20. The molecule has 0 spiro atoms. The summed E-state index contributed by atoms with van der Waals surface area (Å²) in [5.74, 6) is 0.644. The second kappa shape index (κ2) is 7.95. The molecule has 0 aliphatic carbocycles. The third kappa shape index (κ3) is 6.39. The molecule has 1 amide bonds. The predicted molar refractivity (Wildman–Crippen MR) is 79.9 cm³/mol. The van der Waals surface area contributed by atoms with Gasteiger partial charge in [-0.05, 0) is 31.7 Å². The van der Waals surface area contributed by atoms with Crippen molar-refractivity contribution in [3.8, 4) is 0 Å². The van der Waals surface area contributed by atoms with Gasteiger partial charge in [-0.3, -0.25) is 4.79 Å². The van der Waals surface area contributed by atoms with Gasteiger partial charge in [0, 0.05) is 12.1 Å². The summed E-state index contributed by atoms with van der Waals surface area (Å²) in [6, 6.07) is 10.7. The van der Waals surface area contributed by atoms with Crippen LogP contribution in [0.4, 0.5) is 0 Å². The molecule has 2 N–H and O–H groups in total. The van der Waals surface area contributed by atoms with Gasteiger partial charge in [-0.25, -0.2) is 0 Å². The number of hydrogen-bond donors (Lipinski definition) is 2. The lowest BCUT2D eigenvalue weighted by molar-refractivity contribution is -0.120. The van der Waals surface area contributed by atoms with Gasteiger partial charge in [-0.1, -0.05) is 44.2 Å². The minimum Gasteiger partial charge on any atom is -0.353 e. The van der Waals surface area contributed by atoms with E-state index in [1.807, 2.05) is 32.0 Å². The Morgan fingerprint density at radius 3 is 2.26 bits per heavy atom. The van der Waals surface area contributed by atoms with Crippen LogP contribution in [-0.4, -0.2) is 18.5 Å². The van der Waals surface area contributed by atoms with Crippen molar-refractivity contribution in [1.29, 1.82) is 0 Å². The van der Waals surface area contributed by atoms with E-state index in [1.54, 1.807) is 0 Å². The molecule has 3 nitrogen and oxygen atoms in total. The number of nitrogens with one attached hydrogen (secondary N) is 2. The van der Waals surface area contributed by atoms with E-state index in [4.69, 9.17) is 0 Å². The van der Waals surface area contributed by atoms with E-state index in [0.717, 1.165) is 6.42 Å². The standard InChI is InChI=1S/C16H26N2O/c1-12(2)10-15(14-8-6-5-7-9-14)17-11-16(19)18-13(3)4/h5-9,12-13,15,17H,10-11H2,1-4H3,(H,18,19)/t15-/m0/s1. The molecule has 0 aliphatic heterocycles. The van der Waals surface area contributed by atoms with E-state index >= 15 is 0 Å². The lowest BCUT2D eigenvalue weighted by atomic mass is 9.97. The van der Waals surface area contributed by atoms with E-state index in [0.29, 0.717) is 12.5 Å². The first-order valence-electron chi connectivity index (χ1n) is 7.06. The number of amides is 1. The van der Waals surface area contributed by atoms with Crippen molar-refractivity contribution >= 4 is 5.91 Å². The van der Waals surface area contributed by atoms with E-state index in [2.05, 4.69) is 36.6 Å². The predicted octanol–water partition coefficient (Wildman–Crippen LogP) is 2.89. The van der Waals surface area contributed by atoms with Crippen molar-refractivity contribution in [2.45, 2.75) is 46.2 Å². The molecule has 3 heteroatoms. The Hall–Kier alpha value is -1.35. The number of carbonyl (C=O) groups is 1. The fourth-order valence-corrected chi connectivity index (χ4v) is 2.08. The first kappa shape index (κ1) is 15.7. The maximum absolute atomic E-state index is 11.7. The van der Waals surface area contributed by atoms with Crippen molar-refractivity contribution in [2.24, 2.45) is 5.92 Å². The van der Waals surface area contributed by atoms with Gasteiger partial charge in [0.2, 0.25) is 5.91 Å². The topological polar surface area (TPSA) is 41.1 Å². The van der Waals surface area contributed by atoms with Crippen LogP contribution in [0.2, 0.25) is 0 Å². The quantitative estimate of drug-likeness (QED) is 0.793. The van der Waals surface area contributed by atoms with Crippen LogP contribution in [0.5, 0.6) is 0 Å². The third-order valence-corrected chi connectivity index (χ3v) is 2.87. The maximum atomic E-state index is 11.7. The van der Waals surface area contributed by atoms with Gasteiger partial charge >= 0.3 is 0 Å². The minimum atomic E-state index is 0.0553. The molecule has 0 heterocycles. The molecular weight excluding hydrogens is 236 g/mol. The minimum absolute atomic E-state index is 0.0553. The molecule has 1 aromatic carbocycles. The normalized spacial score (nSPS) is 12.7. The smallest absolute Gasteiger partial charge is 0.234 e. The van der Waals surface area contributed by atoms with Crippen LogP contribution in [0, 0.1) is 5.92 Å². The van der Waals surface area contributed by atoms with E-state index in [-0.39, 0.29) is 18.0 Å². The molecule has 0 radical (unpaired) electrons. The van der Waals surface area contributed by atoms with E-state index < -0.39 is 0 Å². The Bertz CT molecular complexity index is 374. The van der Waals surface area contributed by atoms with Crippen LogP contribution in [0.3, 0.4) is 0 Å². The lowest BCUT2D eigenvalue weighted by Crippen LogP contribution is -2.39. The molecule has 0 bridgehead atoms. The van der Waals surface area contributed by atoms with Crippen LogP contribution >= 0.6 is 0 Å². The van der Waals surface area contributed by atoms with E-state index in [9.17, 15) is 4.79 Å². The molecule has 19 heavy (non-hydrogen) atoms. The zero-order valence-electron chi connectivity index (χ0n) is 12.4. The monoisotopic (exact) mass is 262 g/mol. The van der Waals surface area contributed by atoms with E-state index in [1.165, 1.54) is 5.56 Å². The molecule has 0 aliphatic rings. The fourth-order valence-electron chi connectivity index (χ4n) is 2.08. The van der Waals surface area contributed by atoms with Gasteiger partial charge in [0.1, 0.15) is 0 Å². The van der Waals surface area contributed by atoms with Gasteiger partial charge in [-0.15, -0.1) is 0 Å². The summed E-state index contributed by atoms with van der Waals surface area (Å²) in [6.45, 7) is 8.71. The van der Waals surface area contributed by atoms with Gasteiger partial charge in [0.25, 0.3) is 0 Å². The van der Waals surface area contributed by atoms with Crippen LogP contribution in [0.25, 0.3) is 0 Å². The van der Waals surface area contributed by atoms with Gasteiger partial charge in [0.05, 0.1) is 6.54 Å². The molecule has 0 saturated carbocycles. The highest BCUT2D eigenvalue weighted by Gasteiger charge is 2.14. The summed E-state index contributed by atoms with van der Waals surface area (Å²) >= 11 is 0. The average molecular weight is 262 g/mol. The Labute approximate surface area is 116 Å². The molecule has 0 unspecified atom stereocenters. The summed E-state index contributed by atoms with van der Waals surface area (Å²) in [5.41, 5.74) is 1.24. The summed E-state index contributed by atoms with van der Waals surface area (Å²) in [7, 11) is 0. The Balaban J connectivity index is 2.58. The molecule has 1 atom stereocenters. The van der Waals surface area contributed by atoms with Crippen molar-refractivity contribution in [3.63, 3.8) is 0 Å². The van der Waals surface area contributed by atoms with Crippen LogP contribution in [0.15, 0.2) is 30.3 Å². The first-order chi connectivity index (χ1) is 8.99. The van der Waals surface area contributed by atoms with Gasteiger partial charge < -0.3 is 10.6 Å². The fraction of sp³-hybridized carbons (Fsp3) is 0.562. The Kier molecular flexibility index (Phi) is 6.57. The molecular formula is C16H26N2O. The summed E-state index contributed by atoms with van der Waals surface area (Å²) in [6.07, 6.45) is 1.03. The molecule has 0 aromatic heterocycles. The first-order valence-corrected chi connectivity index (χ1v) is 7.06. The molecule has 0 fully saturated rings. The number of rotatable bonds is 7. The van der Waals surface area contributed by atoms with Crippen LogP contribution in [-0.2, 0) is 4.79 Å². The van der Waals surface area contributed by atoms with Crippen molar-refractivity contribution < 1.29 is 4.79 Å². The second-order valence-corrected chi connectivity index (χ2v) is 5.70. The zero-order valence-corrected chi connectivity index (χ0v) is 12.4. The van der Waals surface area contributed by atoms with Crippen molar-refractivity contribution in [2.75, 3.05) is 6.54 Å². The number of benzene rings is 1. The second-order valence-electron chi connectivity index (χ2n) is 5.70. The molecule has 106 valence electrons. The largest absolute Gasteiger partial charge is 0.353 e.